The van der Waals surface area contributed by atoms with Gasteiger partial charge in [0.15, 0.2) is 6.10 Å². The van der Waals surface area contributed by atoms with Gasteiger partial charge in [-0.2, -0.15) is 0 Å². The van der Waals surface area contributed by atoms with Crippen LogP contribution in [0.15, 0.2) is 85.1 Å². The summed E-state index contributed by atoms with van der Waals surface area (Å²) in [5.41, 5.74) is 0. The first-order valence-electron chi connectivity index (χ1n) is 35.1. The maximum absolute atomic E-state index is 13.0. The highest BCUT2D eigenvalue weighted by Crippen LogP contribution is 2.18. The highest BCUT2D eigenvalue weighted by Gasteiger charge is 2.19. The number of hydrogen-bond acceptors (Lipinski definition) is 6. The second-order valence-corrected chi connectivity index (χ2v) is 23.4. The van der Waals surface area contributed by atoms with Gasteiger partial charge < -0.3 is 14.2 Å². The Bertz CT molecular complexity index is 1530. The lowest BCUT2D eigenvalue weighted by molar-refractivity contribution is -0.167. The van der Waals surface area contributed by atoms with Crippen molar-refractivity contribution in [2.24, 2.45) is 0 Å². The van der Waals surface area contributed by atoms with Crippen LogP contribution < -0.4 is 0 Å². The molecule has 0 saturated carbocycles. The molecule has 0 saturated heterocycles. The fourth-order valence-electron chi connectivity index (χ4n) is 10.2. The van der Waals surface area contributed by atoms with Gasteiger partial charge in [-0.05, 0) is 77.0 Å². The number of unbranched alkanes of at least 4 members (excludes halogenated alkanes) is 39. The molecule has 0 aromatic heterocycles. The molecule has 0 fully saturated rings. The molecule has 1 unspecified atom stereocenters. The number of rotatable bonds is 64. The minimum atomic E-state index is -0.784. The maximum Gasteiger partial charge on any atom is 0.306 e. The molecule has 0 aromatic rings. The van der Waals surface area contributed by atoms with Crippen LogP contribution in [0.2, 0.25) is 0 Å². The van der Waals surface area contributed by atoms with E-state index in [9.17, 15) is 14.4 Å². The molecule has 0 aliphatic heterocycles. The third-order valence-corrected chi connectivity index (χ3v) is 15.4. The third kappa shape index (κ3) is 67.3. The predicted octanol–water partition coefficient (Wildman–Crippen LogP) is 24.2. The lowest BCUT2D eigenvalue weighted by Gasteiger charge is -2.18. The minimum absolute atomic E-state index is 0.0776. The number of ether oxygens (including phenoxy) is 3. The van der Waals surface area contributed by atoms with Crippen molar-refractivity contribution in [2.45, 2.75) is 361 Å². The van der Waals surface area contributed by atoms with Gasteiger partial charge in [0.05, 0.1) is 0 Å². The van der Waals surface area contributed by atoms with Crippen LogP contribution in [0.3, 0.4) is 0 Å². The molecule has 0 amide bonds. The third-order valence-electron chi connectivity index (χ3n) is 15.4. The Morgan fingerprint density at radius 1 is 0.259 bits per heavy atom. The Morgan fingerprint density at radius 3 is 0.753 bits per heavy atom. The zero-order chi connectivity index (χ0) is 58.5. The first-order chi connectivity index (χ1) is 40.0. The van der Waals surface area contributed by atoms with E-state index in [-0.39, 0.29) is 31.1 Å². The lowest BCUT2D eigenvalue weighted by Crippen LogP contribution is -2.30. The first kappa shape index (κ1) is 77.6. The monoisotopic (exact) mass is 1130 g/mol. The zero-order valence-corrected chi connectivity index (χ0v) is 53.8. The molecular weight excluding hydrogens is 997 g/mol. The zero-order valence-electron chi connectivity index (χ0n) is 53.8. The highest BCUT2D eigenvalue weighted by molar-refractivity contribution is 5.71. The molecule has 0 radical (unpaired) electrons. The van der Waals surface area contributed by atoms with Crippen LogP contribution in [-0.4, -0.2) is 37.2 Å². The van der Waals surface area contributed by atoms with Crippen LogP contribution in [-0.2, 0) is 28.6 Å². The van der Waals surface area contributed by atoms with Gasteiger partial charge >= 0.3 is 17.9 Å². The van der Waals surface area contributed by atoms with Crippen LogP contribution in [0.1, 0.15) is 355 Å². The average molecular weight is 1130 g/mol. The molecule has 6 nitrogen and oxygen atoms in total. The molecule has 0 bridgehead atoms. The molecule has 81 heavy (non-hydrogen) atoms. The summed E-state index contributed by atoms with van der Waals surface area (Å²) in [5, 5.41) is 0. The molecule has 6 heteroatoms. The van der Waals surface area contributed by atoms with E-state index in [0.29, 0.717) is 19.3 Å². The molecule has 0 rings (SSSR count). The Hall–Kier alpha value is -3.41. The fourth-order valence-corrected chi connectivity index (χ4v) is 10.2. The Balaban J connectivity index is 4.36. The molecule has 1 atom stereocenters. The summed E-state index contributed by atoms with van der Waals surface area (Å²) in [5.74, 6) is -0.875. The van der Waals surface area contributed by atoms with Gasteiger partial charge in [-0.3, -0.25) is 14.4 Å². The predicted molar refractivity (Wildman–Crippen MR) is 353 cm³/mol. The molecule has 468 valence electrons. The Kier molecular flexibility index (Phi) is 66.2. The molecular formula is C75H132O6. The van der Waals surface area contributed by atoms with Gasteiger partial charge in [0.2, 0.25) is 0 Å². The van der Waals surface area contributed by atoms with Crippen LogP contribution >= 0.6 is 0 Å². The van der Waals surface area contributed by atoms with E-state index in [1.165, 1.54) is 193 Å². The summed E-state index contributed by atoms with van der Waals surface area (Å²) < 4.78 is 17.0. The van der Waals surface area contributed by atoms with E-state index >= 15 is 0 Å². The summed E-state index contributed by atoms with van der Waals surface area (Å²) in [7, 11) is 0. The van der Waals surface area contributed by atoms with Gasteiger partial charge in [0.25, 0.3) is 0 Å². The van der Waals surface area contributed by atoms with E-state index in [2.05, 4.69) is 106 Å². The van der Waals surface area contributed by atoms with Gasteiger partial charge in [-0.25, -0.2) is 0 Å². The smallest absolute Gasteiger partial charge is 0.306 e. The van der Waals surface area contributed by atoms with Crippen LogP contribution in [0, 0.1) is 0 Å². The van der Waals surface area contributed by atoms with Gasteiger partial charge in [0.1, 0.15) is 13.2 Å². The minimum Gasteiger partial charge on any atom is -0.462 e. The van der Waals surface area contributed by atoms with Gasteiger partial charge in [-0.15, -0.1) is 0 Å². The number of carbonyl (C=O) groups is 3. The topological polar surface area (TPSA) is 78.9 Å². The summed E-state index contributed by atoms with van der Waals surface area (Å²) in [6.07, 6.45) is 91.7. The van der Waals surface area contributed by atoms with Crippen molar-refractivity contribution in [3.05, 3.63) is 85.1 Å². The van der Waals surface area contributed by atoms with Crippen molar-refractivity contribution in [1.82, 2.24) is 0 Å². The van der Waals surface area contributed by atoms with Crippen LogP contribution in [0.25, 0.3) is 0 Å². The summed E-state index contributed by atoms with van der Waals surface area (Å²) in [4.78, 5) is 38.4. The van der Waals surface area contributed by atoms with E-state index in [1.54, 1.807) is 0 Å². The standard InChI is InChI=1S/C75H132O6/c1-4-7-10-13-16-19-22-25-28-30-32-34-35-36-37-38-39-41-42-44-47-50-53-56-59-62-65-68-74(77)80-71-72(70-79-73(76)67-64-61-58-55-52-49-46-27-24-21-18-15-12-9-6-3)81-75(78)69-66-63-60-57-54-51-48-45-43-40-33-31-29-26-23-20-17-14-11-8-5-2/h7,10,16,19,25,28,32,34,36-37,39,41,44,47,72H,4-6,8-9,11-15,17-18,20-24,26-27,29-31,33,35,38,40,42-43,45-46,48-71H2,1-3H3/b10-7-,19-16-,28-25-,34-32-,37-36-,41-39-,47-44-. The first-order valence-corrected chi connectivity index (χ1v) is 35.1. The second-order valence-electron chi connectivity index (χ2n) is 23.4. The van der Waals surface area contributed by atoms with Crippen molar-refractivity contribution in [3.8, 4) is 0 Å². The normalized spacial score (nSPS) is 12.6. The number of esters is 3. The average Bonchev–Trinajstić information content (AvgIpc) is 3.47. The van der Waals surface area contributed by atoms with Crippen LogP contribution in [0.5, 0.6) is 0 Å². The summed E-state index contributed by atoms with van der Waals surface area (Å²) >= 11 is 0. The summed E-state index contributed by atoms with van der Waals surface area (Å²) in [6, 6.07) is 0. The Labute approximate surface area is 503 Å². The van der Waals surface area contributed by atoms with Crippen molar-refractivity contribution < 1.29 is 28.6 Å². The van der Waals surface area contributed by atoms with Crippen molar-refractivity contribution in [1.29, 1.82) is 0 Å². The Morgan fingerprint density at radius 2 is 0.481 bits per heavy atom. The van der Waals surface area contributed by atoms with E-state index < -0.39 is 6.10 Å². The highest BCUT2D eigenvalue weighted by atomic mass is 16.6. The van der Waals surface area contributed by atoms with E-state index in [0.717, 1.165) is 122 Å². The fraction of sp³-hybridized carbons (Fsp3) is 0.773. The molecule has 0 N–H and O–H groups in total. The maximum atomic E-state index is 13.0. The molecule has 0 aliphatic rings. The quantitative estimate of drug-likeness (QED) is 0.0261. The van der Waals surface area contributed by atoms with E-state index in [4.69, 9.17) is 14.2 Å². The van der Waals surface area contributed by atoms with Crippen molar-refractivity contribution >= 4 is 17.9 Å². The number of carbonyl (C=O) groups excluding carboxylic acids is 3. The lowest BCUT2D eigenvalue weighted by atomic mass is 10.0. The van der Waals surface area contributed by atoms with Crippen molar-refractivity contribution in [2.75, 3.05) is 13.2 Å². The SMILES string of the molecule is CC/C=C\C/C=C\C/C=C\C/C=C\C/C=C\C/C=C\C/C=C\CCCCCCCC(=O)OCC(COC(=O)CCCCCCCCCCCCCCCCC)OC(=O)CCCCCCCCCCCCCCCCCCCCCCC. The second kappa shape index (κ2) is 69.1. The van der Waals surface area contributed by atoms with Gasteiger partial charge in [0, 0.05) is 19.3 Å². The molecule has 0 spiro atoms. The molecule has 0 aliphatic carbocycles. The van der Waals surface area contributed by atoms with Gasteiger partial charge in [-0.1, -0.05) is 343 Å². The summed E-state index contributed by atoms with van der Waals surface area (Å²) in [6.45, 7) is 6.57. The van der Waals surface area contributed by atoms with E-state index in [1.807, 2.05) is 0 Å². The largest absolute Gasteiger partial charge is 0.462 e. The van der Waals surface area contributed by atoms with Crippen LogP contribution in [0.4, 0.5) is 0 Å². The molecule has 0 aromatic carbocycles. The van der Waals surface area contributed by atoms with Crippen molar-refractivity contribution in [3.63, 3.8) is 0 Å². The number of hydrogen-bond donors (Lipinski definition) is 0. The number of allylic oxidation sites excluding steroid dienone is 14. The molecule has 0 heterocycles.